The zero-order valence-electron chi connectivity index (χ0n) is 18.0. The van der Waals surface area contributed by atoms with Gasteiger partial charge in [0.25, 0.3) is 0 Å². The maximum Gasteiger partial charge on any atom is 0.412 e. The van der Waals surface area contributed by atoms with Gasteiger partial charge in [0.15, 0.2) is 0 Å². The average molecular weight is 447 g/mol. The topological polar surface area (TPSA) is 85.4 Å². The molecule has 0 bridgehead atoms. The first-order chi connectivity index (χ1) is 15.4. The lowest BCUT2D eigenvalue weighted by molar-refractivity contribution is -0.191. The molecule has 1 atom stereocenters. The standard InChI is InChI=1S/C24H22N2O2S.CO2/c1-5-19-10-12-20(13-11-19)14-15-22-23(17(3)26-29-22)25-24(27)28-18(4)21-9-7-6-8-16(21)2;2-1-3/h5-13,18H,1H2,2-4H3,(H,25,27);. The van der Waals surface area contributed by atoms with Gasteiger partial charge in [-0.1, -0.05) is 55.0 Å². The Bertz CT molecular complexity index is 1180. The molecule has 0 aliphatic carbocycles. The van der Waals surface area contributed by atoms with Crippen molar-refractivity contribution in [3.8, 4) is 11.8 Å². The molecule has 1 unspecified atom stereocenters. The first-order valence-electron chi connectivity index (χ1n) is 9.62. The molecular weight excluding hydrogens is 424 g/mol. The predicted molar refractivity (Wildman–Crippen MR) is 124 cm³/mol. The first-order valence-corrected chi connectivity index (χ1v) is 10.4. The number of aromatic nitrogens is 1. The highest BCUT2D eigenvalue weighted by Gasteiger charge is 2.17. The van der Waals surface area contributed by atoms with E-state index in [-0.39, 0.29) is 12.3 Å². The highest BCUT2D eigenvalue weighted by Crippen LogP contribution is 2.25. The van der Waals surface area contributed by atoms with Crippen LogP contribution in [0.1, 0.15) is 45.9 Å². The van der Waals surface area contributed by atoms with Gasteiger partial charge in [-0.15, -0.1) is 0 Å². The normalized spacial score (nSPS) is 10.3. The Labute approximate surface area is 191 Å². The number of nitrogens with one attached hydrogen (secondary N) is 1. The Morgan fingerprint density at radius 1 is 1.12 bits per heavy atom. The number of hydrogen-bond acceptors (Lipinski definition) is 6. The van der Waals surface area contributed by atoms with E-state index in [0.29, 0.717) is 16.3 Å². The summed E-state index contributed by atoms with van der Waals surface area (Å²) >= 11 is 1.25. The van der Waals surface area contributed by atoms with Crippen LogP contribution in [0.5, 0.6) is 0 Å². The third kappa shape index (κ3) is 6.78. The number of rotatable bonds is 4. The smallest absolute Gasteiger partial charge is 0.412 e. The molecule has 0 aliphatic rings. The number of benzene rings is 2. The van der Waals surface area contributed by atoms with Crippen molar-refractivity contribution in [1.29, 1.82) is 0 Å². The molecule has 7 heteroatoms. The monoisotopic (exact) mass is 446 g/mol. The van der Waals surface area contributed by atoms with Crippen LogP contribution in [0, 0.1) is 25.7 Å². The summed E-state index contributed by atoms with van der Waals surface area (Å²) in [6.45, 7) is 9.43. The van der Waals surface area contributed by atoms with E-state index in [1.54, 1.807) is 6.08 Å². The maximum atomic E-state index is 12.4. The molecule has 1 heterocycles. The minimum Gasteiger partial charge on any atom is -0.441 e. The number of ether oxygens (including phenoxy) is 1. The van der Waals surface area contributed by atoms with Crippen LogP contribution >= 0.6 is 11.5 Å². The third-order valence-electron chi connectivity index (χ3n) is 4.47. The molecule has 0 fully saturated rings. The predicted octanol–water partition coefficient (Wildman–Crippen LogP) is 5.53. The van der Waals surface area contributed by atoms with Gasteiger partial charge in [-0.2, -0.15) is 14.0 Å². The van der Waals surface area contributed by atoms with E-state index in [4.69, 9.17) is 14.3 Å². The van der Waals surface area contributed by atoms with Crippen molar-refractivity contribution in [2.45, 2.75) is 26.9 Å². The number of amides is 1. The van der Waals surface area contributed by atoms with Gasteiger partial charge in [0.05, 0.1) is 11.4 Å². The quantitative estimate of drug-likeness (QED) is 0.533. The Balaban J connectivity index is 0.00000114. The van der Waals surface area contributed by atoms with Crippen LogP contribution in [0.25, 0.3) is 6.08 Å². The summed E-state index contributed by atoms with van der Waals surface area (Å²) in [5.74, 6) is 6.20. The molecule has 3 aromatic rings. The van der Waals surface area contributed by atoms with E-state index in [1.807, 2.05) is 69.3 Å². The number of carbonyl (C=O) groups excluding carboxylic acids is 3. The fourth-order valence-corrected chi connectivity index (χ4v) is 3.54. The summed E-state index contributed by atoms with van der Waals surface area (Å²) in [6.07, 6.45) is 1.15. The fraction of sp³-hybridized carbons (Fsp3) is 0.160. The van der Waals surface area contributed by atoms with Crippen molar-refractivity contribution in [3.05, 3.63) is 87.9 Å². The molecule has 1 amide bonds. The number of carbonyl (C=O) groups is 1. The van der Waals surface area contributed by atoms with Crippen LogP contribution in [0.2, 0.25) is 0 Å². The molecule has 162 valence electrons. The van der Waals surface area contributed by atoms with Gasteiger partial charge < -0.3 is 4.74 Å². The second kappa shape index (κ2) is 12.0. The molecule has 1 N–H and O–H groups in total. The minimum atomic E-state index is -0.526. The van der Waals surface area contributed by atoms with Crippen molar-refractivity contribution in [2.75, 3.05) is 5.32 Å². The van der Waals surface area contributed by atoms with Gasteiger partial charge >= 0.3 is 12.2 Å². The van der Waals surface area contributed by atoms with Gasteiger partial charge in [0, 0.05) is 5.56 Å². The summed E-state index contributed by atoms with van der Waals surface area (Å²) in [5, 5.41) is 2.80. The van der Waals surface area contributed by atoms with Gasteiger partial charge in [0.1, 0.15) is 11.0 Å². The average Bonchev–Trinajstić information content (AvgIpc) is 3.12. The lowest BCUT2D eigenvalue weighted by Crippen LogP contribution is -2.17. The van der Waals surface area contributed by atoms with Crippen LogP contribution < -0.4 is 5.32 Å². The largest absolute Gasteiger partial charge is 0.441 e. The zero-order chi connectivity index (χ0) is 23.5. The van der Waals surface area contributed by atoms with Crippen molar-refractivity contribution in [2.24, 2.45) is 0 Å². The molecule has 0 radical (unpaired) electrons. The van der Waals surface area contributed by atoms with Crippen molar-refractivity contribution in [1.82, 2.24) is 4.37 Å². The van der Waals surface area contributed by atoms with E-state index in [2.05, 4.69) is 28.1 Å². The fourth-order valence-electron chi connectivity index (χ4n) is 2.83. The molecule has 32 heavy (non-hydrogen) atoms. The molecule has 0 aliphatic heterocycles. The molecule has 0 saturated carbocycles. The van der Waals surface area contributed by atoms with Crippen molar-refractivity contribution >= 4 is 35.5 Å². The van der Waals surface area contributed by atoms with E-state index in [0.717, 1.165) is 22.3 Å². The molecule has 2 aromatic carbocycles. The lowest BCUT2D eigenvalue weighted by atomic mass is 10.1. The van der Waals surface area contributed by atoms with Gasteiger partial charge in [-0.3, -0.25) is 5.32 Å². The zero-order valence-corrected chi connectivity index (χ0v) is 18.8. The second-order valence-corrected chi connectivity index (χ2v) is 7.43. The Hall–Kier alpha value is -3.98. The molecule has 0 saturated heterocycles. The van der Waals surface area contributed by atoms with Crippen molar-refractivity contribution < 1.29 is 19.1 Å². The highest BCUT2D eigenvalue weighted by molar-refractivity contribution is 7.07. The minimum absolute atomic E-state index is 0.250. The number of hydrogen-bond donors (Lipinski definition) is 1. The third-order valence-corrected chi connectivity index (χ3v) is 5.32. The number of aryl methyl sites for hydroxylation is 2. The van der Waals surface area contributed by atoms with Crippen LogP contribution in [0.15, 0.2) is 55.1 Å². The molecule has 1 aromatic heterocycles. The van der Waals surface area contributed by atoms with E-state index in [9.17, 15) is 4.79 Å². The summed E-state index contributed by atoms with van der Waals surface area (Å²) in [7, 11) is 0. The molecule has 3 rings (SSSR count). The Kier molecular flexibility index (Phi) is 9.12. The van der Waals surface area contributed by atoms with E-state index >= 15 is 0 Å². The van der Waals surface area contributed by atoms with E-state index in [1.165, 1.54) is 11.5 Å². The lowest BCUT2D eigenvalue weighted by Gasteiger charge is -2.16. The Morgan fingerprint density at radius 2 is 1.78 bits per heavy atom. The van der Waals surface area contributed by atoms with Crippen LogP contribution in [-0.2, 0) is 14.3 Å². The number of nitrogens with zero attached hydrogens (tertiary/aromatic N) is 1. The Morgan fingerprint density at radius 3 is 2.41 bits per heavy atom. The van der Waals surface area contributed by atoms with Crippen LogP contribution in [-0.4, -0.2) is 16.6 Å². The van der Waals surface area contributed by atoms with Crippen LogP contribution in [0.4, 0.5) is 10.5 Å². The summed E-state index contributed by atoms with van der Waals surface area (Å²) in [4.78, 5) is 29.4. The van der Waals surface area contributed by atoms with E-state index < -0.39 is 6.09 Å². The first kappa shape index (κ1) is 24.3. The van der Waals surface area contributed by atoms with Gasteiger partial charge in [-0.25, -0.2) is 4.79 Å². The molecular formula is C25H22N2O4S. The van der Waals surface area contributed by atoms with Gasteiger partial charge in [-0.05, 0) is 67.0 Å². The maximum absolute atomic E-state index is 12.4. The second-order valence-electron chi connectivity index (χ2n) is 6.66. The van der Waals surface area contributed by atoms with Crippen molar-refractivity contribution in [3.63, 3.8) is 0 Å². The molecule has 0 spiro atoms. The SMILES string of the molecule is C=Cc1ccc(C#Cc2snc(C)c2NC(=O)OC(C)c2ccccc2C)cc1.O=C=O. The molecule has 6 nitrogen and oxygen atoms in total. The summed E-state index contributed by atoms with van der Waals surface area (Å²) in [6, 6.07) is 15.6. The van der Waals surface area contributed by atoms with Gasteiger partial charge in [0.2, 0.25) is 0 Å². The van der Waals surface area contributed by atoms with Crippen LogP contribution in [0.3, 0.4) is 0 Å². The summed E-state index contributed by atoms with van der Waals surface area (Å²) < 4.78 is 9.87. The summed E-state index contributed by atoms with van der Waals surface area (Å²) in [5.41, 5.74) is 5.27. The highest BCUT2D eigenvalue weighted by atomic mass is 32.1. The number of anilines is 1.